The van der Waals surface area contributed by atoms with E-state index in [0.29, 0.717) is 22.1 Å². The van der Waals surface area contributed by atoms with Crippen molar-refractivity contribution in [2.75, 3.05) is 34.4 Å². The number of nitrogens with two attached hydrogens (primary N) is 1. The van der Waals surface area contributed by atoms with Gasteiger partial charge < -0.3 is 16.4 Å². The first kappa shape index (κ1) is 28.9. The predicted octanol–water partition coefficient (Wildman–Crippen LogP) is 6.02. The fraction of sp³-hybridized carbons (Fsp3) is 0.148. The van der Waals surface area contributed by atoms with Gasteiger partial charge >= 0.3 is 0 Å². The molecule has 0 atom stereocenters. The molecule has 0 unspecified atom stereocenters. The summed E-state index contributed by atoms with van der Waals surface area (Å²) in [4.78, 5) is 32.1. The molecule has 0 spiro atoms. The number of hydrogen-bond acceptors (Lipinski definition) is 6. The van der Waals surface area contributed by atoms with Gasteiger partial charge in [0.1, 0.15) is 12.4 Å². The van der Waals surface area contributed by atoms with E-state index in [-0.39, 0.29) is 37.3 Å². The van der Waals surface area contributed by atoms with Crippen LogP contribution in [0.2, 0.25) is 0 Å². The Morgan fingerprint density at radius 2 is 1.79 bits per heavy atom. The van der Waals surface area contributed by atoms with E-state index >= 15 is 0 Å². The maximum Gasteiger partial charge on any atom is 0.258 e. The number of amides is 2. The lowest BCUT2D eigenvalue weighted by Crippen LogP contribution is -2.38. The Morgan fingerprint density at radius 3 is 2.47 bits per heavy atom. The van der Waals surface area contributed by atoms with Crippen LogP contribution in [0.1, 0.15) is 22.3 Å². The van der Waals surface area contributed by atoms with E-state index in [1.807, 2.05) is 35.7 Å². The van der Waals surface area contributed by atoms with Crippen LogP contribution in [0.3, 0.4) is 0 Å². The number of nitrogens with zero attached hydrogens (tertiary/aromatic N) is 2. The van der Waals surface area contributed by atoms with Gasteiger partial charge in [0.15, 0.2) is 5.13 Å². The number of aryl methyl sites for hydroxylation is 1. The zero-order chi connectivity index (χ0) is 25.1. The van der Waals surface area contributed by atoms with Crippen molar-refractivity contribution in [3.8, 4) is 11.3 Å². The first-order chi connectivity index (χ1) is 17.5. The Hall–Kier alpha value is -3.66. The van der Waals surface area contributed by atoms with Gasteiger partial charge in [0.25, 0.3) is 5.91 Å². The first-order valence-electron chi connectivity index (χ1n) is 11.5. The molecule has 4 N–H and O–H groups in total. The molecule has 3 aromatic carbocycles. The third-order valence-electron chi connectivity index (χ3n) is 5.97. The van der Waals surface area contributed by atoms with Crippen molar-refractivity contribution >= 4 is 70.2 Å². The van der Waals surface area contributed by atoms with Gasteiger partial charge in [-0.05, 0) is 66.9 Å². The Labute approximate surface area is 236 Å². The van der Waals surface area contributed by atoms with Crippen molar-refractivity contribution in [1.29, 1.82) is 0 Å². The quantitative estimate of drug-likeness (QED) is 0.262. The fourth-order valence-corrected chi connectivity index (χ4v) is 4.71. The summed E-state index contributed by atoms with van der Waals surface area (Å²) < 4.78 is 13.4. The van der Waals surface area contributed by atoms with E-state index < -0.39 is 11.7 Å². The van der Waals surface area contributed by atoms with Crippen molar-refractivity contribution in [2.24, 2.45) is 0 Å². The highest BCUT2D eigenvalue weighted by molar-refractivity contribution is 7.13. The molecule has 5 rings (SSSR count). The van der Waals surface area contributed by atoms with E-state index in [1.165, 1.54) is 46.1 Å². The molecular weight excluding hydrogens is 548 g/mol. The van der Waals surface area contributed by atoms with E-state index in [1.54, 1.807) is 12.1 Å². The number of hydrogen-bond donors (Lipinski definition) is 3. The number of carbonyl (C=O) groups excluding carboxylic acids is 2. The van der Waals surface area contributed by atoms with Gasteiger partial charge in [-0.1, -0.05) is 18.2 Å². The van der Waals surface area contributed by atoms with Crippen LogP contribution in [0.5, 0.6) is 0 Å². The van der Waals surface area contributed by atoms with E-state index in [2.05, 4.69) is 15.6 Å². The molecule has 1 aliphatic rings. The Kier molecular flexibility index (Phi) is 9.68. The molecule has 0 fully saturated rings. The minimum atomic E-state index is -0.433. The monoisotopic (exact) mass is 573 g/mol. The second kappa shape index (κ2) is 12.7. The SMILES string of the molecule is Cl.Cl.Nc1nc(-c2ccc(NC(=O)CN(C(=O)c3ccc(F)cc3)c3ccc4c(c3)NCCC4)cc2)cs1. The molecule has 7 nitrogen and oxygen atoms in total. The molecule has 2 amide bonds. The topological polar surface area (TPSA) is 100 Å². The molecule has 0 saturated carbocycles. The summed E-state index contributed by atoms with van der Waals surface area (Å²) >= 11 is 1.36. The maximum absolute atomic E-state index is 13.4. The van der Waals surface area contributed by atoms with Crippen molar-refractivity contribution in [1.82, 2.24) is 4.98 Å². The first-order valence-corrected chi connectivity index (χ1v) is 12.4. The van der Waals surface area contributed by atoms with Crippen LogP contribution in [0.15, 0.2) is 72.1 Å². The molecule has 0 radical (unpaired) electrons. The molecule has 0 bridgehead atoms. The van der Waals surface area contributed by atoms with Gasteiger partial charge in [0, 0.05) is 40.1 Å². The van der Waals surface area contributed by atoms with Gasteiger partial charge in [-0.2, -0.15) is 0 Å². The summed E-state index contributed by atoms with van der Waals surface area (Å²) in [5, 5.41) is 8.57. The van der Waals surface area contributed by atoms with Crippen LogP contribution >= 0.6 is 36.2 Å². The lowest BCUT2D eigenvalue weighted by Gasteiger charge is -2.25. The summed E-state index contributed by atoms with van der Waals surface area (Å²) in [5.74, 6) is -1.18. The summed E-state index contributed by atoms with van der Waals surface area (Å²) in [6, 6.07) is 18.3. The number of thiazole rings is 1. The van der Waals surface area contributed by atoms with Crippen LogP contribution in [0.4, 0.5) is 26.6 Å². The minimum absolute atomic E-state index is 0. The van der Waals surface area contributed by atoms with E-state index in [0.717, 1.165) is 36.3 Å². The average molecular weight is 575 g/mol. The third-order valence-corrected chi connectivity index (χ3v) is 6.64. The highest BCUT2D eigenvalue weighted by atomic mass is 35.5. The number of nitrogens with one attached hydrogen (secondary N) is 2. The van der Waals surface area contributed by atoms with E-state index in [9.17, 15) is 14.0 Å². The lowest BCUT2D eigenvalue weighted by atomic mass is 10.0. The number of anilines is 4. The second-order valence-corrected chi connectivity index (χ2v) is 9.36. The van der Waals surface area contributed by atoms with Crippen molar-refractivity contribution in [3.05, 3.63) is 89.1 Å². The summed E-state index contributed by atoms with van der Waals surface area (Å²) in [5.41, 5.74) is 11.0. The summed E-state index contributed by atoms with van der Waals surface area (Å²) in [6.07, 6.45) is 2.00. The van der Waals surface area contributed by atoms with Gasteiger partial charge in [0.2, 0.25) is 5.91 Å². The molecular formula is C27H26Cl2FN5O2S. The van der Waals surface area contributed by atoms with Gasteiger partial charge in [-0.15, -0.1) is 36.2 Å². The smallest absolute Gasteiger partial charge is 0.258 e. The van der Waals surface area contributed by atoms with Crippen LogP contribution in [0.25, 0.3) is 11.3 Å². The normalized spacial score (nSPS) is 11.7. The third kappa shape index (κ3) is 6.61. The van der Waals surface area contributed by atoms with Crippen LogP contribution in [-0.4, -0.2) is 29.9 Å². The molecule has 0 saturated heterocycles. The maximum atomic E-state index is 13.4. The van der Waals surface area contributed by atoms with Gasteiger partial charge in [-0.3, -0.25) is 14.5 Å². The number of aromatic nitrogens is 1. The molecule has 1 aliphatic heterocycles. The summed E-state index contributed by atoms with van der Waals surface area (Å²) in [7, 11) is 0. The molecule has 38 heavy (non-hydrogen) atoms. The number of nitrogen functional groups attached to an aromatic ring is 1. The highest BCUT2D eigenvalue weighted by Gasteiger charge is 2.22. The average Bonchev–Trinajstić information content (AvgIpc) is 3.33. The second-order valence-electron chi connectivity index (χ2n) is 8.47. The number of halogens is 3. The number of rotatable bonds is 6. The van der Waals surface area contributed by atoms with Crippen LogP contribution in [-0.2, 0) is 11.2 Å². The zero-order valence-corrected chi connectivity index (χ0v) is 22.6. The van der Waals surface area contributed by atoms with Gasteiger partial charge in [0.05, 0.1) is 5.69 Å². The van der Waals surface area contributed by atoms with Crippen molar-refractivity contribution < 1.29 is 14.0 Å². The standard InChI is InChI=1S/C27H24FN5O2S.2ClH/c28-20-8-3-19(4-9-20)26(35)33(22-12-7-17-2-1-13-30-23(17)14-22)15-25(34)31-21-10-5-18(6-11-21)24-16-36-27(29)32-24;;/h3-12,14,16,30H,1-2,13,15H2,(H2,29,32)(H,31,34);2*1H. The number of carbonyl (C=O) groups is 2. The molecule has 2 heterocycles. The van der Waals surface area contributed by atoms with Crippen molar-refractivity contribution in [3.63, 3.8) is 0 Å². The number of fused-ring (bicyclic) bond motifs is 1. The molecule has 11 heteroatoms. The Bertz CT molecular complexity index is 1410. The van der Waals surface area contributed by atoms with Crippen LogP contribution < -0.4 is 21.3 Å². The zero-order valence-electron chi connectivity index (χ0n) is 20.1. The lowest BCUT2D eigenvalue weighted by molar-refractivity contribution is -0.114. The predicted molar refractivity (Wildman–Crippen MR) is 156 cm³/mol. The Morgan fingerprint density at radius 1 is 1.05 bits per heavy atom. The minimum Gasteiger partial charge on any atom is -0.385 e. The molecule has 1 aromatic heterocycles. The largest absolute Gasteiger partial charge is 0.385 e. The van der Waals surface area contributed by atoms with Crippen LogP contribution in [0, 0.1) is 5.82 Å². The molecule has 4 aromatic rings. The Balaban J connectivity index is 0.00000200. The molecule has 0 aliphatic carbocycles. The summed E-state index contributed by atoms with van der Waals surface area (Å²) in [6.45, 7) is 0.645. The number of benzene rings is 3. The van der Waals surface area contributed by atoms with Crippen molar-refractivity contribution in [2.45, 2.75) is 12.8 Å². The van der Waals surface area contributed by atoms with Gasteiger partial charge in [-0.25, -0.2) is 9.37 Å². The molecule has 198 valence electrons. The van der Waals surface area contributed by atoms with E-state index in [4.69, 9.17) is 5.73 Å². The highest BCUT2D eigenvalue weighted by Crippen LogP contribution is 2.29. The fourth-order valence-electron chi connectivity index (χ4n) is 4.13.